The zero-order valence-corrected chi connectivity index (χ0v) is 12.0. The summed E-state index contributed by atoms with van der Waals surface area (Å²) in [7, 11) is 1.73. The van der Waals surface area contributed by atoms with Crippen LogP contribution in [0, 0.1) is 13.8 Å². The summed E-state index contributed by atoms with van der Waals surface area (Å²) >= 11 is 0. The molecule has 21 heavy (non-hydrogen) atoms. The lowest BCUT2D eigenvalue weighted by atomic mass is 10.1. The van der Waals surface area contributed by atoms with E-state index in [1.165, 1.54) is 12.5 Å². The minimum Gasteiger partial charge on any atom is -0.480 e. The molecule has 112 valence electrons. The number of nitrogens with zero attached hydrogens (tertiary/aromatic N) is 3. The lowest BCUT2D eigenvalue weighted by Gasteiger charge is -2.13. The molecule has 3 N–H and O–H groups in total. The molecule has 2 heterocycles. The predicted molar refractivity (Wildman–Crippen MR) is 73.9 cm³/mol. The maximum Gasteiger partial charge on any atom is 0.326 e. The number of nitrogens with one attached hydrogen (secondary N) is 2. The molecule has 0 spiro atoms. The highest BCUT2D eigenvalue weighted by molar-refractivity contribution is 5.98. The number of carboxylic acids is 1. The quantitative estimate of drug-likeness (QED) is 0.727. The number of hydrogen-bond acceptors (Lipinski definition) is 4. The van der Waals surface area contributed by atoms with Gasteiger partial charge in [0.1, 0.15) is 6.04 Å². The highest BCUT2D eigenvalue weighted by atomic mass is 16.4. The molecule has 0 aliphatic carbocycles. The van der Waals surface area contributed by atoms with E-state index in [0.717, 1.165) is 0 Å². The number of H-pyrrole nitrogens is 1. The van der Waals surface area contributed by atoms with Crippen LogP contribution in [-0.2, 0) is 18.3 Å². The Morgan fingerprint density at radius 2 is 2.19 bits per heavy atom. The van der Waals surface area contributed by atoms with Gasteiger partial charge in [-0.25, -0.2) is 9.78 Å². The standard InChI is InChI=1S/C13H17N5O3/c1-7-11(8(2)18(3)17-7)12(19)16-10(13(20)21)4-9-5-14-6-15-9/h5-6,10H,4H2,1-3H3,(H,14,15)(H,16,19)(H,20,21)/t10-/m1/s1. The molecule has 0 radical (unpaired) electrons. The Morgan fingerprint density at radius 1 is 1.48 bits per heavy atom. The van der Waals surface area contributed by atoms with Crippen LogP contribution in [-0.4, -0.2) is 42.8 Å². The molecule has 1 amide bonds. The molecule has 0 aliphatic rings. The number of imidazole rings is 1. The van der Waals surface area contributed by atoms with E-state index in [4.69, 9.17) is 0 Å². The van der Waals surface area contributed by atoms with Crippen molar-refractivity contribution in [3.05, 3.63) is 35.2 Å². The third kappa shape index (κ3) is 3.10. The van der Waals surface area contributed by atoms with Crippen molar-refractivity contribution in [2.24, 2.45) is 7.05 Å². The first-order chi connectivity index (χ1) is 9.90. The third-order valence-corrected chi connectivity index (χ3v) is 3.32. The number of aliphatic carboxylic acids is 1. The van der Waals surface area contributed by atoms with E-state index >= 15 is 0 Å². The van der Waals surface area contributed by atoms with E-state index < -0.39 is 17.9 Å². The van der Waals surface area contributed by atoms with Crippen LogP contribution in [0.2, 0.25) is 0 Å². The smallest absolute Gasteiger partial charge is 0.326 e. The van der Waals surface area contributed by atoms with Gasteiger partial charge < -0.3 is 15.4 Å². The Hall–Kier alpha value is -2.64. The molecule has 0 saturated heterocycles. The molecule has 0 bridgehead atoms. The molecule has 2 rings (SSSR count). The van der Waals surface area contributed by atoms with E-state index in [9.17, 15) is 14.7 Å². The maximum atomic E-state index is 12.3. The summed E-state index contributed by atoms with van der Waals surface area (Å²) in [6.45, 7) is 3.48. The van der Waals surface area contributed by atoms with Gasteiger partial charge in [0.25, 0.3) is 5.91 Å². The van der Waals surface area contributed by atoms with Gasteiger partial charge in [0, 0.05) is 31.1 Å². The lowest BCUT2D eigenvalue weighted by Crippen LogP contribution is -2.42. The van der Waals surface area contributed by atoms with Crippen LogP contribution >= 0.6 is 0 Å². The van der Waals surface area contributed by atoms with Gasteiger partial charge in [-0.2, -0.15) is 5.10 Å². The topological polar surface area (TPSA) is 113 Å². The SMILES string of the molecule is Cc1nn(C)c(C)c1C(=O)N[C@H](Cc1cnc[nH]1)C(=O)O. The molecule has 8 nitrogen and oxygen atoms in total. The molecule has 2 aromatic heterocycles. The zero-order valence-electron chi connectivity index (χ0n) is 12.0. The highest BCUT2D eigenvalue weighted by Crippen LogP contribution is 2.12. The summed E-state index contributed by atoms with van der Waals surface area (Å²) in [4.78, 5) is 30.2. The lowest BCUT2D eigenvalue weighted by molar-refractivity contribution is -0.139. The van der Waals surface area contributed by atoms with Crippen LogP contribution in [0.5, 0.6) is 0 Å². The highest BCUT2D eigenvalue weighted by Gasteiger charge is 2.25. The fraction of sp³-hybridized carbons (Fsp3) is 0.385. The summed E-state index contributed by atoms with van der Waals surface area (Å²) in [5.74, 6) is -1.54. The fourth-order valence-electron chi connectivity index (χ4n) is 2.15. The Labute approximate surface area is 121 Å². The number of amides is 1. The molecular formula is C13H17N5O3. The molecular weight excluding hydrogens is 274 g/mol. The molecule has 1 atom stereocenters. The van der Waals surface area contributed by atoms with Crippen LogP contribution in [0.25, 0.3) is 0 Å². The number of aromatic amines is 1. The summed E-state index contributed by atoms with van der Waals surface area (Å²) < 4.78 is 1.59. The predicted octanol–water partition coefficient (Wildman–Crippen LogP) is 0.186. The monoisotopic (exact) mass is 291 g/mol. The van der Waals surface area contributed by atoms with Gasteiger partial charge in [-0.15, -0.1) is 0 Å². The summed E-state index contributed by atoms with van der Waals surface area (Å²) in [6.07, 6.45) is 3.13. The van der Waals surface area contributed by atoms with Gasteiger partial charge >= 0.3 is 5.97 Å². The van der Waals surface area contributed by atoms with Gasteiger partial charge in [0.15, 0.2) is 0 Å². The van der Waals surface area contributed by atoms with Crippen molar-refractivity contribution in [1.29, 1.82) is 0 Å². The van der Waals surface area contributed by atoms with E-state index in [2.05, 4.69) is 20.4 Å². The van der Waals surface area contributed by atoms with Crippen molar-refractivity contribution in [1.82, 2.24) is 25.1 Å². The number of carbonyl (C=O) groups is 2. The van der Waals surface area contributed by atoms with Crippen molar-refractivity contribution in [2.45, 2.75) is 26.3 Å². The summed E-state index contributed by atoms with van der Waals surface area (Å²) in [5.41, 5.74) is 2.31. The average molecular weight is 291 g/mol. The zero-order chi connectivity index (χ0) is 15.6. The van der Waals surface area contributed by atoms with Crippen molar-refractivity contribution in [3.63, 3.8) is 0 Å². The number of hydrogen-bond donors (Lipinski definition) is 3. The molecule has 0 fully saturated rings. The number of aryl methyl sites for hydroxylation is 2. The first kappa shape index (κ1) is 14.8. The fourth-order valence-corrected chi connectivity index (χ4v) is 2.15. The molecule has 0 aliphatic heterocycles. The second-order valence-corrected chi connectivity index (χ2v) is 4.81. The van der Waals surface area contributed by atoms with Crippen LogP contribution in [0.4, 0.5) is 0 Å². The molecule has 0 saturated carbocycles. The first-order valence-electron chi connectivity index (χ1n) is 6.41. The molecule has 8 heteroatoms. The summed E-state index contributed by atoms with van der Waals surface area (Å²) in [5, 5.41) is 15.9. The van der Waals surface area contributed by atoms with Crippen LogP contribution in [0.1, 0.15) is 27.4 Å². The van der Waals surface area contributed by atoms with Crippen molar-refractivity contribution < 1.29 is 14.7 Å². The van der Waals surface area contributed by atoms with Crippen molar-refractivity contribution >= 4 is 11.9 Å². The van der Waals surface area contributed by atoms with Crippen molar-refractivity contribution in [2.75, 3.05) is 0 Å². The van der Waals surface area contributed by atoms with E-state index in [0.29, 0.717) is 22.6 Å². The van der Waals surface area contributed by atoms with Gasteiger partial charge in [0.05, 0.1) is 17.6 Å². The third-order valence-electron chi connectivity index (χ3n) is 3.32. The Kier molecular flexibility index (Phi) is 4.06. The molecule has 2 aromatic rings. The van der Waals surface area contributed by atoms with Gasteiger partial charge in [-0.3, -0.25) is 9.48 Å². The molecule has 0 aromatic carbocycles. The van der Waals surface area contributed by atoms with Crippen LogP contribution in [0.3, 0.4) is 0 Å². The second-order valence-electron chi connectivity index (χ2n) is 4.81. The maximum absolute atomic E-state index is 12.3. The van der Waals surface area contributed by atoms with E-state index in [-0.39, 0.29) is 6.42 Å². The normalized spacial score (nSPS) is 12.1. The van der Waals surface area contributed by atoms with E-state index in [1.54, 1.807) is 25.6 Å². The van der Waals surface area contributed by atoms with Gasteiger partial charge in [-0.05, 0) is 13.8 Å². The van der Waals surface area contributed by atoms with E-state index in [1.807, 2.05) is 0 Å². The number of rotatable bonds is 5. The number of carboxylic acid groups (broad SMARTS) is 1. The van der Waals surface area contributed by atoms with Gasteiger partial charge in [0.2, 0.25) is 0 Å². The Bertz CT molecular complexity index is 660. The second kappa shape index (κ2) is 5.78. The largest absolute Gasteiger partial charge is 0.480 e. The number of carbonyl (C=O) groups excluding carboxylic acids is 1. The van der Waals surface area contributed by atoms with Crippen LogP contribution in [0.15, 0.2) is 12.5 Å². The van der Waals surface area contributed by atoms with Gasteiger partial charge in [-0.1, -0.05) is 0 Å². The average Bonchev–Trinajstić information content (AvgIpc) is 2.98. The summed E-state index contributed by atoms with van der Waals surface area (Å²) in [6, 6.07) is -1.03. The Balaban J connectivity index is 2.17. The first-order valence-corrected chi connectivity index (χ1v) is 6.41. The number of aromatic nitrogens is 4. The minimum atomic E-state index is -1.10. The van der Waals surface area contributed by atoms with Crippen LogP contribution < -0.4 is 5.32 Å². The Morgan fingerprint density at radius 3 is 2.67 bits per heavy atom. The van der Waals surface area contributed by atoms with Crippen molar-refractivity contribution in [3.8, 4) is 0 Å². The molecule has 0 unspecified atom stereocenters. The minimum absolute atomic E-state index is 0.138.